The lowest BCUT2D eigenvalue weighted by Crippen LogP contribution is -2.30. The van der Waals surface area contributed by atoms with E-state index in [9.17, 15) is 14.4 Å². The van der Waals surface area contributed by atoms with Crippen molar-refractivity contribution in [3.63, 3.8) is 0 Å². The fourth-order valence-electron chi connectivity index (χ4n) is 7.17. The summed E-state index contributed by atoms with van der Waals surface area (Å²) in [7, 11) is 0. The van der Waals surface area contributed by atoms with Crippen LogP contribution in [0, 0.1) is 0 Å². The fraction of sp³-hybridized carbons (Fsp3) is 0.732. The maximum Gasteiger partial charge on any atom is 0.306 e. The zero-order valence-corrected chi connectivity index (χ0v) is 40.6. The number of carbonyl (C=O) groups excluding carboxylic acids is 3. The standard InChI is InChI=1S/C56H96O6/c1-4-7-10-13-16-19-22-25-27-29-31-34-37-40-43-46-49-55(58)61-52-53(51-60-54(57)48-45-42-39-36-33-30-24-21-18-15-12-9-6-3)62-56(59)50-47-44-41-38-35-32-28-26-23-20-17-14-11-8-5-2/h9,12,15,18,21,24,27,29-30,33,36,39,53H,4-8,10-11,13-14,16-17,19-20,22-23,25-26,28,31-32,34-35,37-38,40-52H2,1-3H3/b12-9+,18-15+,24-21+,29-27+,33-30+,39-36+. The number of hydrogen-bond acceptors (Lipinski definition) is 6. The number of ether oxygens (including phenoxy) is 3. The number of unbranched alkanes of at least 4 members (excludes halogenated alkanes) is 27. The highest BCUT2D eigenvalue weighted by atomic mass is 16.6. The molecule has 0 radical (unpaired) electrons. The summed E-state index contributed by atoms with van der Waals surface area (Å²) in [4.78, 5) is 37.9. The highest BCUT2D eigenvalue weighted by molar-refractivity contribution is 5.71. The summed E-state index contributed by atoms with van der Waals surface area (Å²) >= 11 is 0. The van der Waals surface area contributed by atoms with E-state index in [2.05, 4.69) is 39.0 Å². The van der Waals surface area contributed by atoms with E-state index in [1.807, 2.05) is 54.7 Å². The molecule has 0 saturated carbocycles. The summed E-state index contributed by atoms with van der Waals surface area (Å²) in [6, 6.07) is 0. The van der Waals surface area contributed by atoms with Gasteiger partial charge >= 0.3 is 17.9 Å². The van der Waals surface area contributed by atoms with E-state index < -0.39 is 6.10 Å². The molecule has 6 nitrogen and oxygen atoms in total. The fourth-order valence-corrected chi connectivity index (χ4v) is 7.17. The van der Waals surface area contributed by atoms with Crippen molar-refractivity contribution in [2.24, 2.45) is 0 Å². The molecule has 0 aromatic carbocycles. The quantitative estimate of drug-likeness (QED) is 0.0199. The highest BCUT2D eigenvalue weighted by Gasteiger charge is 2.19. The first kappa shape index (κ1) is 58.9. The van der Waals surface area contributed by atoms with Gasteiger partial charge in [-0.15, -0.1) is 0 Å². The third-order valence-electron chi connectivity index (χ3n) is 11.1. The maximum atomic E-state index is 12.8. The van der Waals surface area contributed by atoms with Gasteiger partial charge in [0.25, 0.3) is 0 Å². The Morgan fingerprint density at radius 3 is 1.08 bits per heavy atom. The Morgan fingerprint density at radius 2 is 0.661 bits per heavy atom. The Bertz CT molecular complexity index is 1180. The summed E-state index contributed by atoms with van der Waals surface area (Å²) in [5.74, 6) is -0.981. The van der Waals surface area contributed by atoms with E-state index in [1.165, 1.54) is 141 Å². The lowest BCUT2D eigenvalue weighted by atomic mass is 10.0. The molecular formula is C56H96O6. The second-order valence-electron chi connectivity index (χ2n) is 17.2. The van der Waals surface area contributed by atoms with Gasteiger partial charge in [0.15, 0.2) is 6.10 Å². The van der Waals surface area contributed by atoms with Gasteiger partial charge in [-0.2, -0.15) is 0 Å². The molecule has 356 valence electrons. The topological polar surface area (TPSA) is 78.9 Å². The Morgan fingerprint density at radius 1 is 0.339 bits per heavy atom. The van der Waals surface area contributed by atoms with Gasteiger partial charge in [-0.05, 0) is 57.8 Å². The minimum absolute atomic E-state index is 0.101. The molecule has 0 saturated heterocycles. The van der Waals surface area contributed by atoms with Gasteiger partial charge in [0, 0.05) is 19.3 Å². The first-order valence-electron chi connectivity index (χ1n) is 26.0. The van der Waals surface area contributed by atoms with E-state index >= 15 is 0 Å². The summed E-state index contributed by atoms with van der Waals surface area (Å²) in [6.07, 6.45) is 63.2. The van der Waals surface area contributed by atoms with Crippen molar-refractivity contribution in [2.45, 2.75) is 252 Å². The molecule has 62 heavy (non-hydrogen) atoms. The molecular weight excluding hydrogens is 769 g/mol. The Hall–Kier alpha value is -3.15. The maximum absolute atomic E-state index is 12.8. The summed E-state index contributed by atoms with van der Waals surface area (Å²) < 4.78 is 16.7. The lowest BCUT2D eigenvalue weighted by Gasteiger charge is -2.18. The SMILES string of the molecule is CC/C=C/C=C/C=C/C=C/C=C/CCCC(=O)OCC(COC(=O)CCCCCCC/C=C/CCCCCCCCC)OC(=O)CCCCCCCCCCCCCCCCC. The smallest absolute Gasteiger partial charge is 0.306 e. The molecule has 0 rings (SSSR count). The van der Waals surface area contributed by atoms with Crippen LogP contribution < -0.4 is 0 Å². The largest absolute Gasteiger partial charge is 0.462 e. The summed E-state index contributed by atoms with van der Waals surface area (Å²) in [6.45, 7) is 6.43. The van der Waals surface area contributed by atoms with E-state index in [1.54, 1.807) is 0 Å². The number of esters is 3. The molecule has 1 atom stereocenters. The molecule has 0 aliphatic rings. The van der Waals surface area contributed by atoms with Crippen molar-refractivity contribution >= 4 is 17.9 Å². The first-order valence-corrected chi connectivity index (χ1v) is 26.0. The molecule has 0 aromatic rings. The van der Waals surface area contributed by atoms with Crippen molar-refractivity contribution in [3.8, 4) is 0 Å². The van der Waals surface area contributed by atoms with Crippen LogP contribution in [0.4, 0.5) is 0 Å². The van der Waals surface area contributed by atoms with Crippen LogP contribution >= 0.6 is 0 Å². The Labute approximate surface area is 382 Å². The minimum Gasteiger partial charge on any atom is -0.462 e. The zero-order valence-electron chi connectivity index (χ0n) is 40.6. The van der Waals surface area contributed by atoms with Crippen LogP contribution in [0.3, 0.4) is 0 Å². The summed E-state index contributed by atoms with van der Waals surface area (Å²) in [5.41, 5.74) is 0. The monoisotopic (exact) mass is 865 g/mol. The zero-order chi connectivity index (χ0) is 45.1. The van der Waals surface area contributed by atoms with Crippen molar-refractivity contribution in [1.82, 2.24) is 0 Å². The van der Waals surface area contributed by atoms with Crippen LogP contribution in [0.5, 0.6) is 0 Å². The van der Waals surface area contributed by atoms with Gasteiger partial charge in [-0.3, -0.25) is 14.4 Å². The normalized spacial score (nSPS) is 12.6. The van der Waals surface area contributed by atoms with Gasteiger partial charge in [0.05, 0.1) is 0 Å². The molecule has 0 aromatic heterocycles. The number of rotatable bonds is 46. The van der Waals surface area contributed by atoms with E-state index in [4.69, 9.17) is 14.2 Å². The molecule has 6 heteroatoms. The molecule has 0 amide bonds. The average Bonchev–Trinajstić information content (AvgIpc) is 3.27. The average molecular weight is 865 g/mol. The van der Waals surface area contributed by atoms with Crippen LogP contribution in [0.25, 0.3) is 0 Å². The van der Waals surface area contributed by atoms with Crippen LogP contribution in [-0.4, -0.2) is 37.2 Å². The summed E-state index contributed by atoms with van der Waals surface area (Å²) in [5, 5.41) is 0. The van der Waals surface area contributed by atoms with Crippen LogP contribution in [0.15, 0.2) is 72.9 Å². The molecule has 0 fully saturated rings. The molecule has 0 N–H and O–H groups in total. The molecule has 0 heterocycles. The van der Waals surface area contributed by atoms with Crippen molar-refractivity contribution in [2.75, 3.05) is 13.2 Å². The highest BCUT2D eigenvalue weighted by Crippen LogP contribution is 2.15. The van der Waals surface area contributed by atoms with E-state index in [0.29, 0.717) is 19.3 Å². The van der Waals surface area contributed by atoms with E-state index in [-0.39, 0.29) is 37.5 Å². The molecule has 0 aliphatic heterocycles. The van der Waals surface area contributed by atoms with Gasteiger partial charge in [0.1, 0.15) is 13.2 Å². The Kier molecular flexibility index (Phi) is 47.9. The third kappa shape index (κ3) is 47.9. The predicted octanol–water partition coefficient (Wildman–Crippen LogP) is 17.0. The number of hydrogen-bond donors (Lipinski definition) is 0. The molecule has 1 unspecified atom stereocenters. The van der Waals surface area contributed by atoms with Gasteiger partial charge in [-0.25, -0.2) is 0 Å². The van der Waals surface area contributed by atoms with Gasteiger partial charge in [0.2, 0.25) is 0 Å². The van der Waals surface area contributed by atoms with Gasteiger partial charge in [-0.1, -0.05) is 241 Å². The molecule has 0 aliphatic carbocycles. The van der Waals surface area contributed by atoms with Crippen molar-refractivity contribution in [1.29, 1.82) is 0 Å². The second kappa shape index (κ2) is 50.5. The van der Waals surface area contributed by atoms with Crippen LogP contribution in [0.1, 0.15) is 245 Å². The van der Waals surface area contributed by atoms with Crippen LogP contribution in [0.2, 0.25) is 0 Å². The minimum atomic E-state index is -0.804. The third-order valence-corrected chi connectivity index (χ3v) is 11.1. The number of allylic oxidation sites excluding steroid dienone is 12. The Balaban J connectivity index is 4.46. The van der Waals surface area contributed by atoms with Crippen molar-refractivity contribution < 1.29 is 28.6 Å². The number of carbonyl (C=O) groups is 3. The van der Waals surface area contributed by atoms with Crippen molar-refractivity contribution in [3.05, 3.63) is 72.9 Å². The second-order valence-corrected chi connectivity index (χ2v) is 17.2. The molecule has 0 bridgehead atoms. The molecule has 0 spiro atoms. The van der Waals surface area contributed by atoms with Gasteiger partial charge < -0.3 is 14.2 Å². The van der Waals surface area contributed by atoms with Crippen LogP contribution in [-0.2, 0) is 28.6 Å². The lowest BCUT2D eigenvalue weighted by molar-refractivity contribution is -0.167. The predicted molar refractivity (Wildman–Crippen MR) is 265 cm³/mol. The van der Waals surface area contributed by atoms with E-state index in [0.717, 1.165) is 57.8 Å². The first-order chi connectivity index (χ1) is 30.5.